The lowest BCUT2D eigenvalue weighted by atomic mass is 10.0. The molecule has 0 aromatic heterocycles. The summed E-state index contributed by atoms with van der Waals surface area (Å²) in [6.45, 7) is 9.63. The van der Waals surface area contributed by atoms with Gasteiger partial charge in [0.05, 0.1) is 26.4 Å². The summed E-state index contributed by atoms with van der Waals surface area (Å²) < 4.78 is 68.6. The van der Waals surface area contributed by atoms with E-state index in [-0.39, 0.29) is 25.7 Å². The predicted molar refractivity (Wildman–Crippen MR) is 400 cm³/mol. The number of aliphatic hydroxyl groups excluding tert-OH is 1. The number of aliphatic hydroxyl groups is 1. The zero-order valence-corrected chi connectivity index (χ0v) is 65.9. The Bertz CT molecular complexity index is 1890. The summed E-state index contributed by atoms with van der Waals surface area (Å²) in [6, 6.07) is 0. The van der Waals surface area contributed by atoms with Crippen molar-refractivity contribution < 1.29 is 80.2 Å². The monoisotopic (exact) mass is 1440 g/mol. The Morgan fingerprint density at radius 2 is 0.469 bits per heavy atom. The van der Waals surface area contributed by atoms with Crippen LogP contribution in [0, 0.1) is 11.8 Å². The molecular formula is C79H154O17P2. The van der Waals surface area contributed by atoms with Gasteiger partial charge in [0, 0.05) is 25.7 Å². The molecule has 0 spiro atoms. The molecule has 0 heterocycles. The molecule has 3 N–H and O–H groups in total. The fraction of sp³-hybridized carbons (Fsp3) is 0.949. The van der Waals surface area contributed by atoms with Crippen LogP contribution >= 0.6 is 15.6 Å². The van der Waals surface area contributed by atoms with Crippen LogP contribution in [0.25, 0.3) is 0 Å². The standard InChI is InChI=1S/C79H154O17P2/c1-7-9-11-13-15-17-18-19-20-21-24-27-33-38-44-50-56-62-77(82)90-68-75(96-78(83)63-57-51-45-39-34-28-25-22-23-26-31-36-41-47-53-59-71(3)4)70-94-98(87,88)92-66-73(80)65-91-97(85,86)93-69-74(67-89-76(81)61-55-49-43-16-14-12-10-8-2)95-79(84)64-58-52-46-40-35-30-29-32-37-42-48-54-60-72(5)6/h71-75,80H,7-70H2,1-6H3,(H,85,86)(H,87,88)/t73-,74+,75+/m0/s1. The van der Waals surface area contributed by atoms with E-state index in [1.54, 1.807) is 0 Å². The molecule has 0 aliphatic carbocycles. The maximum Gasteiger partial charge on any atom is 0.472 e. The largest absolute Gasteiger partial charge is 0.472 e. The Balaban J connectivity index is 5.21. The number of esters is 4. The number of rotatable bonds is 78. The summed E-state index contributed by atoms with van der Waals surface area (Å²) in [5, 5.41) is 10.6. The van der Waals surface area contributed by atoms with Gasteiger partial charge >= 0.3 is 39.5 Å². The molecule has 2 unspecified atom stereocenters. The highest BCUT2D eigenvalue weighted by molar-refractivity contribution is 7.47. The SMILES string of the molecule is CCCCCCCCCCCCCCCCCCCC(=O)OC[C@H](COP(=O)(O)OC[C@@H](O)COP(=O)(O)OC[C@@H](COC(=O)CCCCCCCCCC)OC(=O)CCCCCCCCCCCCCCC(C)C)OC(=O)CCCCCCCCCCCCCCCCCC(C)C. The minimum absolute atomic E-state index is 0.107. The van der Waals surface area contributed by atoms with Gasteiger partial charge in [0.1, 0.15) is 19.3 Å². The molecule has 0 bridgehead atoms. The van der Waals surface area contributed by atoms with Gasteiger partial charge in [0.2, 0.25) is 0 Å². The first-order valence-corrected chi connectivity index (χ1v) is 44.0. The molecule has 0 aliphatic heterocycles. The van der Waals surface area contributed by atoms with Crippen molar-refractivity contribution in [3.8, 4) is 0 Å². The van der Waals surface area contributed by atoms with E-state index in [2.05, 4.69) is 41.5 Å². The molecule has 0 rings (SSSR count). The highest BCUT2D eigenvalue weighted by atomic mass is 31.2. The normalized spacial score (nSPS) is 13.9. The van der Waals surface area contributed by atoms with Gasteiger partial charge in [-0.05, 0) is 37.5 Å². The summed E-state index contributed by atoms with van der Waals surface area (Å²) >= 11 is 0. The van der Waals surface area contributed by atoms with Crippen LogP contribution in [0.2, 0.25) is 0 Å². The topological polar surface area (TPSA) is 237 Å². The number of carbonyl (C=O) groups excluding carboxylic acids is 4. The first-order valence-electron chi connectivity index (χ1n) is 41.0. The van der Waals surface area contributed by atoms with Gasteiger partial charge < -0.3 is 33.8 Å². The number of ether oxygens (including phenoxy) is 4. The summed E-state index contributed by atoms with van der Waals surface area (Å²) in [5.41, 5.74) is 0. The highest BCUT2D eigenvalue weighted by Crippen LogP contribution is 2.45. The molecule has 98 heavy (non-hydrogen) atoms. The quantitative estimate of drug-likeness (QED) is 0.0222. The third-order valence-corrected chi connectivity index (χ3v) is 20.4. The summed E-state index contributed by atoms with van der Waals surface area (Å²) in [6.07, 6.45) is 59.7. The first-order chi connectivity index (χ1) is 47.4. The average Bonchev–Trinajstić information content (AvgIpc) is 2.52. The molecule has 19 heteroatoms. The number of carbonyl (C=O) groups is 4. The Labute approximate surface area is 600 Å². The summed E-state index contributed by atoms with van der Waals surface area (Å²) in [4.78, 5) is 72.9. The van der Waals surface area contributed by atoms with Crippen LogP contribution in [0.15, 0.2) is 0 Å². The van der Waals surface area contributed by atoms with Crippen LogP contribution < -0.4 is 0 Å². The van der Waals surface area contributed by atoms with Crippen molar-refractivity contribution in [3.63, 3.8) is 0 Å². The van der Waals surface area contributed by atoms with Crippen LogP contribution in [0.3, 0.4) is 0 Å². The van der Waals surface area contributed by atoms with E-state index in [4.69, 9.17) is 37.0 Å². The van der Waals surface area contributed by atoms with Gasteiger partial charge in [-0.25, -0.2) is 9.13 Å². The van der Waals surface area contributed by atoms with Crippen molar-refractivity contribution in [3.05, 3.63) is 0 Å². The fourth-order valence-electron chi connectivity index (χ4n) is 12.2. The number of unbranched alkanes of at least 4 members (excludes halogenated alkanes) is 48. The zero-order chi connectivity index (χ0) is 72.1. The van der Waals surface area contributed by atoms with Gasteiger partial charge in [-0.1, -0.05) is 363 Å². The maximum atomic E-state index is 13.1. The third kappa shape index (κ3) is 72.4. The van der Waals surface area contributed by atoms with Crippen molar-refractivity contribution in [2.24, 2.45) is 11.8 Å². The van der Waals surface area contributed by atoms with Crippen molar-refractivity contribution >= 4 is 39.5 Å². The van der Waals surface area contributed by atoms with Gasteiger partial charge in [-0.3, -0.25) is 37.3 Å². The second kappa shape index (κ2) is 70.7. The minimum Gasteiger partial charge on any atom is -0.462 e. The average molecular weight is 1440 g/mol. The number of hydrogen-bond acceptors (Lipinski definition) is 15. The van der Waals surface area contributed by atoms with Crippen LogP contribution in [-0.2, 0) is 65.4 Å². The Hall–Kier alpha value is -1.94. The summed E-state index contributed by atoms with van der Waals surface area (Å²) in [5.74, 6) is -0.533. The number of phosphoric ester groups is 2. The van der Waals surface area contributed by atoms with Crippen molar-refractivity contribution in [2.75, 3.05) is 39.6 Å². The number of phosphoric acid groups is 2. The minimum atomic E-state index is -4.96. The molecule has 5 atom stereocenters. The van der Waals surface area contributed by atoms with Crippen LogP contribution in [0.5, 0.6) is 0 Å². The van der Waals surface area contributed by atoms with E-state index in [0.717, 1.165) is 108 Å². The summed E-state index contributed by atoms with van der Waals surface area (Å²) in [7, 11) is -9.91. The molecule has 0 saturated heterocycles. The first kappa shape index (κ1) is 96.1. The molecule has 0 radical (unpaired) electrons. The van der Waals surface area contributed by atoms with Gasteiger partial charge in [-0.15, -0.1) is 0 Å². The van der Waals surface area contributed by atoms with E-state index in [1.165, 1.54) is 225 Å². The molecular weight excluding hydrogens is 1280 g/mol. The lowest BCUT2D eigenvalue weighted by Crippen LogP contribution is -2.30. The molecule has 0 saturated carbocycles. The lowest BCUT2D eigenvalue weighted by Gasteiger charge is -2.21. The third-order valence-electron chi connectivity index (χ3n) is 18.5. The van der Waals surface area contributed by atoms with Crippen LogP contribution in [-0.4, -0.2) is 96.7 Å². The second-order valence-corrected chi connectivity index (χ2v) is 32.3. The van der Waals surface area contributed by atoms with E-state index in [0.29, 0.717) is 25.7 Å². The lowest BCUT2D eigenvalue weighted by molar-refractivity contribution is -0.161. The molecule has 0 amide bonds. The molecule has 0 fully saturated rings. The van der Waals surface area contributed by atoms with Crippen molar-refractivity contribution in [1.29, 1.82) is 0 Å². The van der Waals surface area contributed by atoms with Crippen LogP contribution in [0.4, 0.5) is 0 Å². The highest BCUT2D eigenvalue weighted by Gasteiger charge is 2.30. The molecule has 0 aliphatic rings. The van der Waals surface area contributed by atoms with Gasteiger partial charge in [0.25, 0.3) is 0 Å². The maximum absolute atomic E-state index is 13.1. The Morgan fingerprint density at radius 3 is 0.694 bits per heavy atom. The van der Waals surface area contributed by atoms with Gasteiger partial charge in [0.15, 0.2) is 12.2 Å². The second-order valence-electron chi connectivity index (χ2n) is 29.4. The van der Waals surface area contributed by atoms with E-state index in [9.17, 15) is 43.2 Å². The molecule has 582 valence electrons. The molecule has 17 nitrogen and oxygen atoms in total. The van der Waals surface area contributed by atoms with E-state index >= 15 is 0 Å². The van der Waals surface area contributed by atoms with E-state index in [1.807, 2.05) is 0 Å². The van der Waals surface area contributed by atoms with Gasteiger partial charge in [-0.2, -0.15) is 0 Å². The Kier molecular flexibility index (Phi) is 69.3. The molecule has 0 aromatic rings. The predicted octanol–water partition coefficient (Wildman–Crippen LogP) is 23.5. The van der Waals surface area contributed by atoms with Crippen molar-refractivity contribution in [2.45, 2.75) is 432 Å². The fourth-order valence-corrected chi connectivity index (χ4v) is 13.8. The van der Waals surface area contributed by atoms with Crippen LogP contribution in [0.1, 0.15) is 414 Å². The smallest absolute Gasteiger partial charge is 0.462 e. The molecule has 0 aromatic carbocycles. The van der Waals surface area contributed by atoms with Crippen molar-refractivity contribution in [1.82, 2.24) is 0 Å². The Morgan fingerprint density at radius 1 is 0.276 bits per heavy atom. The zero-order valence-electron chi connectivity index (χ0n) is 64.1. The number of hydrogen-bond donors (Lipinski definition) is 3. The van der Waals surface area contributed by atoms with E-state index < -0.39 is 97.5 Å².